The first-order valence-electron chi connectivity index (χ1n) is 13.9. The molecule has 4 aromatic carbocycles. The van der Waals surface area contributed by atoms with E-state index in [1.54, 1.807) is 14.2 Å². The minimum absolute atomic E-state index is 0.0970. The second-order valence-electron chi connectivity index (χ2n) is 10.0. The molecule has 0 aliphatic heterocycles. The lowest BCUT2D eigenvalue weighted by Crippen LogP contribution is -2.30. The molecule has 0 fully saturated rings. The minimum atomic E-state index is -0.276. The largest absolute Gasteiger partial charge is 0.497 e. The van der Waals surface area contributed by atoms with Gasteiger partial charge in [-0.15, -0.1) is 11.3 Å². The van der Waals surface area contributed by atoms with Crippen molar-refractivity contribution in [3.8, 4) is 11.5 Å². The molecule has 1 heterocycles. The van der Waals surface area contributed by atoms with E-state index in [4.69, 9.17) is 14.5 Å². The van der Waals surface area contributed by atoms with E-state index in [2.05, 4.69) is 41.4 Å². The fourth-order valence-corrected chi connectivity index (χ4v) is 5.79. The normalized spacial score (nSPS) is 11.8. The highest BCUT2D eigenvalue weighted by Gasteiger charge is 2.23. The molecule has 1 amide bonds. The third-order valence-corrected chi connectivity index (χ3v) is 8.19. The van der Waals surface area contributed by atoms with Crippen LogP contribution in [-0.4, -0.2) is 30.0 Å². The first-order chi connectivity index (χ1) is 20.6. The Labute approximate surface area is 251 Å². The van der Waals surface area contributed by atoms with Gasteiger partial charge < -0.3 is 14.8 Å². The molecule has 42 heavy (non-hydrogen) atoms. The van der Waals surface area contributed by atoms with E-state index >= 15 is 0 Å². The molecule has 1 atom stereocenters. The molecule has 1 N–H and O–H groups in total. The molecule has 7 heteroatoms. The number of hydrogen-bond donors (Lipinski definition) is 1. The van der Waals surface area contributed by atoms with Gasteiger partial charge in [0.15, 0.2) is 0 Å². The molecule has 0 aliphatic rings. The van der Waals surface area contributed by atoms with Gasteiger partial charge in [-0.3, -0.25) is 9.69 Å². The van der Waals surface area contributed by atoms with Crippen LogP contribution in [0.3, 0.4) is 0 Å². The van der Waals surface area contributed by atoms with Gasteiger partial charge in [0.1, 0.15) is 22.2 Å². The Hall–Kier alpha value is -4.46. The average molecular weight is 578 g/mol. The maximum atomic E-state index is 13.5. The van der Waals surface area contributed by atoms with E-state index in [1.807, 2.05) is 90.3 Å². The average Bonchev–Trinajstić information content (AvgIpc) is 3.53. The van der Waals surface area contributed by atoms with Crippen molar-refractivity contribution >= 4 is 17.2 Å². The van der Waals surface area contributed by atoms with Crippen LogP contribution in [0.4, 0.5) is 0 Å². The summed E-state index contributed by atoms with van der Waals surface area (Å²) in [4.78, 5) is 20.6. The number of amides is 1. The molecule has 0 saturated heterocycles. The summed E-state index contributed by atoms with van der Waals surface area (Å²) < 4.78 is 11.1. The van der Waals surface area contributed by atoms with E-state index in [9.17, 15) is 4.79 Å². The van der Waals surface area contributed by atoms with Crippen molar-refractivity contribution in [2.45, 2.75) is 32.1 Å². The lowest BCUT2D eigenvalue weighted by Gasteiger charge is -2.29. The van der Waals surface area contributed by atoms with Gasteiger partial charge in [0.25, 0.3) is 5.91 Å². The van der Waals surface area contributed by atoms with Gasteiger partial charge in [-0.1, -0.05) is 97.1 Å². The van der Waals surface area contributed by atoms with Crippen molar-refractivity contribution < 1.29 is 14.3 Å². The molecular formula is C35H35N3O3S. The molecule has 0 bridgehead atoms. The summed E-state index contributed by atoms with van der Waals surface area (Å²) in [5, 5.41) is 5.92. The Balaban J connectivity index is 1.38. The van der Waals surface area contributed by atoms with Crippen molar-refractivity contribution in [3.63, 3.8) is 0 Å². The van der Waals surface area contributed by atoms with Gasteiger partial charge in [0.2, 0.25) is 0 Å². The Morgan fingerprint density at radius 1 is 0.810 bits per heavy atom. The standard InChI is InChI=1S/C35H35N3O3S/c1-25(26-13-7-4-8-14-26)38(22-29-19-20-30(40-2)21-32(29)41-3)23-33-36-31(24-42-33)35(39)37-34(27-15-9-5-10-16-27)28-17-11-6-12-18-28/h4-21,24-25,34H,22-23H2,1-3H3,(H,37,39). The third-order valence-electron chi connectivity index (χ3n) is 7.36. The number of benzene rings is 4. The zero-order chi connectivity index (χ0) is 29.3. The summed E-state index contributed by atoms with van der Waals surface area (Å²) >= 11 is 1.50. The Kier molecular flexibility index (Phi) is 9.64. The fourth-order valence-electron chi connectivity index (χ4n) is 4.99. The summed E-state index contributed by atoms with van der Waals surface area (Å²) in [5.41, 5.74) is 4.70. The molecule has 0 saturated carbocycles. The molecule has 214 valence electrons. The molecule has 6 nitrogen and oxygen atoms in total. The van der Waals surface area contributed by atoms with E-state index in [1.165, 1.54) is 16.9 Å². The van der Waals surface area contributed by atoms with Gasteiger partial charge in [0, 0.05) is 29.6 Å². The van der Waals surface area contributed by atoms with Crippen LogP contribution in [0.15, 0.2) is 115 Å². The lowest BCUT2D eigenvalue weighted by atomic mass is 9.98. The highest BCUT2D eigenvalue weighted by atomic mass is 32.1. The van der Waals surface area contributed by atoms with E-state index < -0.39 is 0 Å². The molecule has 0 radical (unpaired) electrons. The van der Waals surface area contributed by atoms with Crippen LogP contribution in [0.25, 0.3) is 0 Å². The van der Waals surface area contributed by atoms with Crippen molar-refractivity contribution in [1.29, 1.82) is 0 Å². The quantitative estimate of drug-likeness (QED) is 0.167. The van der Waals surface area contributed by atoms with Gasteiger partial charge in [-0.05, 0) is 29.7 Å². The zero-order valence-corrected chi connectivity index (χ0v) is 24.9. The van der Waals surface area contributed by atoms with Gasteiger partial charge in [-0.25, -0.2) is 4.98 Å². The van der Waals surface area contributed by atoms with Gasteiger partial charge in [0.05, 0.1) is 26.8 Å². The first-order valence-corrected chi connectivity index (χ1v) is 14.8. The minimum Gasteiger partial charge on any atom is -0.497 e. The van der Waals surface area contributed by atoms with Crippen molar-refractivity contribution in [3.05, 3.63) is 148 Å². The topological polar surface area (TPSA) is 63.7 Å². The van der Waals surface area contributed by atoms with Crippen LogP contribution < -0.4 is 14.8 Å². The molecule has 0 aliphatic carbocycles. The van der Waals surface area contributed by atoms with E-state index in [-0.39, 0.29) is 18.0 Å². The summed E-state index contributed by atoms with van der Waals surface area (Å²) in [5.74, 6) is 1.32. The number of carbonyl (C=O) groups is 1. The number of nitrogens with one attached hydrogen (secondary N) is 1. The molecule has 1 unspecified atom stereocenters. The number of hydrogen-bond acceptors (Lipinski definition) is 6. The monoisotopic (exact) mass is 577 g/mol. The number of thiazole rings is 1. The number of aromatic nitrogens is 1. The fraction of sp³-hybridized carbons (Fsp3) is 0.200. The van der Waals surface area contributed by atoms with E-state index in [0.29, 0.717) is 18.8 Å². The van der Waals surface area contributed by atoms with Crippen molar-refractivity contribution in [2.75, 3.05) is 14.2 Å². The maximum Gasteiger partial charge on any atom is 0.271 e. The predicted octanol–water partition coefficient (Wildman–Crippen LogP) is 7.44. The number of rotatable bonds is 12. The second-order valence-corrected chi connectivity index (χ2v) is 11.0. The van der Waals surface area contributed by atoms with Crippen molar-refractivity contribution in [1.82, 2.24) is 15.2 Å². The summed E-state index contributed by atoms with van der Waals surface area (Å²) in [6, 6.07) is 36.1. The molecule has 5 rings (SSSR count). The molecule has 1 aromatic heterocycles. The van der Waals surface area contributed by atoms with Crippen LogP contribution in [0, 0.1) is 0 Å². The SMILES string of the molecule is COc1ccc(CN(Cc2nc(C(=O)NC(c3ccccc3)c3ccccc3)cs2)C(C)c2ccccc2)c(OC)c1. The number of methoxy groups -OCH3 is 2. The Morgan fingerprint density at radius 2 is 1.40 bits per heavy atom. The summed E-state index contributed by atoms with van der Waals surface area (Å²) in [7, 11) is 3.32. The van der Waals surface area contributed by atoms with Gasteiger partial charge >= 0.3 is 0 Å². The Bertz CT molecular complexity index is 1540. The van der Waals surface area contributed by atoms with E-state index in [0.717, 1.165) is 33.2 Å². The number of carbonyl (C=O) groups excluding carboxylic acids is 1. The summed E-state index contributed by atoms with van der Waals surface area (Å²) in [6.45, 7) is 3.40. The number of ether oxygens (including phenoxy) is 2. The highest BCUT2D eigenvalue weighted by molar-refractivity contribution is 7.09. The highest BCUT2D eigenvalue weighted by Crippen LogP contribution is 2.31. The van der Waals surface area contributed by atoms with Crippen LogP contribution in [0.5, 0.6) is 11.5 Å². The lowest BCUT2D eigenvalue weighted by molar-refractivity contribution is 0.0938. The zero-order valence-electron chi connectivity index (χ0n) is 24.1. The molecular weight excluding hydrogens is 542 g/mol. The van der Waals surface area contributed by atoms with Crippen LogP contribution >= 0.6 is 11.3 Å². The molecule has 5 aromatic rings. The smallest absolute Gasteiger partial charge is 0.271 e. The van der Waals surface area contributed by atoms with Crippen LogP contribution in [0.1, 0.15) is 56.8 Å². The molecule has 0 spiro atoms. The van der Waals surface area contributed by atoms with Crippen molar-refractivity contribution in [2.24, 2.45) is 0 Å². The maximum absolute atomic E-state index is 13.5. The summed E-state index contributed by atoms with van der Waals surface area (Å²) in [6.07, 6.45) is 0. The third kappa shape index (κ3) is 7.05. The van der Waals surface area contributed by atoms with Gasteiger partial charge in [-0.2, -0.15) is 0 Å². The number of nitrogens with zero attached hydrogens (tertiary/aromatic N) is 2. The van der Waals surface area contributed by atoms with Crippen LogP contribution in [-0.2, 0) is 13.1 Å². The second kappa shape index (κ2) is 13.9. The van der Waals surface area contributed by atoms with Crippen LogP contribution in [0.2, 0.25) is 0 Å². The first kappa shape index (κ1) is 29.0. The predicted molar refractivity (Wildman–Crippen MR) is 168 cm³/mol. The Morgan fingerprint density at radius 3 is 1.98 bits per heavy atom.